The molecule has 30 heavy (non-hydrogen) atoms. The molecule has 2 heterocycles. The molecule has 1 aromatic rings. The van der Waals surface area contributed by atoms with Gasteiger partial charge in [-0.15, -0.1) is 24.0 Å². The lowest BCUT2D eigenvalue weighted by Crippen LogP contribution is -2.38. The van der Waals surface area contributed by atoms with E-state index < -0.39 is 0 Å². The number of nitrogens with zero attached hydrogens (tertiary/aromatic N) is 4. The second-order valence-electron chi connectivity index (χ2n) is 8.02. The molecule has 2 fully saturated rings. The topological polar surface area (TPSA) is 63.2 Å². The zero-order chi connectivity index (χ0) is 20.5. The molecule has 0 aliphatic carbocycles. The number of benzene rings is 1. The monoisotopic (exact) mass is 528 g/mol. The molecule has 0 radical (unpaired) electrons. The second kappa shape index (κ2) is 13.1. The Bertz CT molecular complexity index is 681. The van der Waals surface area contributed by atoms with Crippen molar-refractivity contribution in [2.24, 2.45) is 4.99 Å². The lowest BCUT2D eigenvalue weighted by atomic mass is 10.2. The highest BCUT2D eigenvalue weighted by atomic mass is 127. The van der Waals surface area contributed by atoms with Gasteiger partial charge in [-0.25, -0.2) is 0 Å². The third-order valence-electron chi connectivity index (χ3n) is 5.76. The van der Waals surface area contributed by atoms with Crippen LogP contribution < -0.4 is 15.5 Å². The third-order valence-corrected chi connectivity index (χ3v) is 5.76. The van der Waals surface area contributed by atoms with E-state index >= 15 is 0 Å². The van der Waals surface area contributed by atoms with Crippen LogP contribution in [0, 0.1) is 0 Å². The molecule has 2 aliphatic heterocycles. The van der Waals surface area contributed by atoms with Gasteiger partial charge in [-0.2, -0.15) is 0 Å². The number of carbonyl (C=O) groups is 1. The van der Waals surface area contributed by atoms with E-state index in [2.05, 4.69) is 44.6 Å². The first-order valence-corrected chi connectivity index (χ1v) is 10.9. The largest absolute Gasteiger partial charge is 0.356 e. The van der Waals surface area contributed by atoms with Crippen LogP contribution in [0.25, 0.3) is 0 Å². The minimum atomic E-state index is 0. The van der Waals surface area contributed by atoms with E-state index in [9.17, 15) is 4.79 Å². The summed E-state index contributed by atoms with van der Waals surface area (Å²) in [6.45, 7) is 8.35. The molecule has 0 aromatic heterocycles. The summed E-state index contributed by atoms with van der Waals surface area (Å²) in [4.78, 5) is 23.0. The number of guanidine groups is 1. The van der Waals surface area contributed by atoms with Crippen LogP contribution in [0.15, 0.2) is 29.3 Å². The summed E-state index contributed by atoms with van der Waals surface area (Å²) in [5.41, 5.74) is 2.18. The van der Waals surface area contributed by atoms with Crippen LogP contribution >= 0.6 is 24.0 Å². The molecule has 0 bridgehead atoms. The molecule has 2 N–H and O–H groups in total. The number of likely N-dealkylation sites (N-methyl/N-ethyl adjacent to an activating group) is 1. The molecule has 8 heteroatoms. The number of rotatable bonds is 7. The summed E-state index contributed by atoms with van der Waals surface area (Å²) in [6.07, 6.45) is 4.00. The fourth-order valence-electron chi connectivity index (χ4n) is 3.95. The zero-order valence-corrected chi connectivity index (χ0v) is 20.7. The van der Waals surface area contributed by atoms with Gasteiger partial charge in [-0.3, -0.25) is 9.79 Å². The molecule has 1 aromatic carbocycles. The van der Waals surface area contributed by atoms with Gasteiger partial charge in [0.05, 0.1) is 0 Å². The van der Waals surface area contributed by atoms with Gasteiger partial charge < -0.3 is 25.3 Å². The van der Waals surface area contributed by atoms with Gasteiger partial charge >= 0.3 is 0 Å². The Hall–Kier alpha value is -1.39. The van der Waals surface area contributed by atoms with Gasteiger partial charge in [-0.05, 0) is 63.6 Å². The Kier molecular flexibility index (Phi) is 10.9. The van der Waals surface area contributed by atoms with Crippen molar-refractivity contribution in [3.8, 4) is 0 Å². The van der Waals surface area contributed by atoms with Crippen molar-refractivity contribution in [2.45, 2.75) is 32.2 Å². The fraction of sp³-hybridized carbons (Fsp3) is 0.636. The maximum absolute atomic E-state index is 11.9. The molecular formula is C22H37IN6O. The Labute approximate surface area is 198 Å². The van der Waals surface area contributed by atoms with Crippen LogP contribution in [-0.2, 0) is 11.3 Å². The third kappa shape index (κ3) is 7.70. The fourth-order valence-corrected chi connectivity index (χ4v) is 3.95. The van der Waals surface area contributed by atoms with Gasteiger partial charge in [0.25, 0.3) is 0 Å². The first-order chi connectivity index (χ1) is 14.2. The minimum absolute atomic E-state index is 0. The quantitative estimate of drug-likeness (QED) is 0.246. The first-order valence-electron chi connectivity index (χ1n) is 10.9. The van der Waals surface area contributed by atoms with Crippen molar-refractivity contribution in [3.05, 3.63) is 29.8 Å². The van der Waals surface area contributed by atoms with Crippen molar-refractivity contribution in [3.63, 3.8) is 0 Å². The number of aliphatic imine (C=N–C) groups is 1. The highest BCUT2D eigenvalue weighted by Crippen LogP contribution is 2.21. The van der Waals surface area contributed by atoms with Crippen LogP contribution in [0.3, 0.4) is 0 Å². The maximum Gasteiger partial charge on any atom is 0.227 e. The average Bonchev–Trinajstić information content (AvgIpc) is 3.05. The van der Waals surface area contributed by atoms with Gasteiger partial charge in [-0.1, -0.05) is 12.1 Å². The summed E-state index contributed by atoms with van der Waals surface area (Å²) in [5, 5.41) is 6.79. The first kappa shape index (κ1) is 24.9. The average molecular weight is 528 g/mol. The van der Waals surface area contributed by atoms with Gasteiger partial charge in [0.15, 0.2) is 5.96 Å². The number of halogens is 1. The van der Waals surface area contributed by atoms with Crippen LogP contribution in [0.2, 0.25) is 0 Å². The van der Waals surface area contributed by atoms with Crippen molar-refractivity contribution < 1.29 is 4.79 Å². The van der Waals surface area contributed by atoms with E-state index in [1.807, 2.05) is 24.1 Å². The number of carbonyl (C=O) groups excluding carboxylic acids is 1. The molecule has 0 saturated carbocycles. The van der Waals surface area contributed by atoms with Crippen LogP contribution in [-0.4, -0.2) is 81.6 Å². The number of anilines is 1. The van der Waals surface area contributed by atoms with E-state index in [1.165, 1.54) is 38.2 Å². The number of hydrogen-bond donors (Lipinski definition) is 2. The van der Waals surface area contributed by atoms with E-state index in [0.29, 0.717) is 13.0 Å². The Balaban J connectivity index is 0.00000320. The Morgan fingerprint density at radius 1 is 1.03 bits per heavy atom. The highest BCUT2D eigenvalue weighted by molar-refractivity contribution is 14.0. The molecule has 0 spiro atoms. The van der Waals surface area contributed by atoms with Crippen LogP contribution in [0.4, 0.5) is 5.69 Å². The molecule has 7 nitrogen and oxygen atoms in total. The predicted octanol–water partition coefficient (Wildman–Crippen LogP) is 2.12. The van der Waals surface area contributed by atoms with E-state index in [-0.39, 0.29) is 29.9 Å². The SMILES string of the molecule is CN=C(NCCCN1CCCN(C)CC1)NCc1ccc(N2CCCC2=O)cc1.I. The van der Waals surface area contributed by atoms with Gasteiger partial charge in [0.1, 0.15) is 0 Å². The number of hydrogen-bond acceptors (Lipinski definition) is 4. The predicted molar refractivity (Wildman–Crippen MR) is 135 cm³/mol. The second-order valence-corrected chi connectivity index (χ2v) is 8.02. The smallest absolute Gasteiger partial charge is 0.227 e. The molecular weight excluding hydrogens is 491 g/mol. The molecule has 1 amide bonds. The Morgan fingerprint density at radius 2 is 1.83 bits per heavy atom. The summed E-state index contributed by atoms with van der Waals surface area (Å²) in [5.74, 6) is 1.06. The molecule has 3 rings (SSSR count). The molecule has 168 valence electrons. The minimum Gasteiger partial charge on any atom is -0.356 e. The number of amides is 1. The van der Waals surface area contributed by atoms with Gasteiger partial charge in [0.2, 0.25) is 5.91 Å². The van der Waals surface area contributed by atoms with E-state index in [4.69, 9.17) is 0 Å². The van der Waals surface area contributed by atoms with Crippen LogP contribution in [0.1, 0.15) is 31.2 Å². The molecule has 2 saturated heterocycles. The summed E-state index contributed by atoms with van der Waals surface area (Å²) in [7, 11) is 4.02. The van der Waals surface area contributed by atoms with Crippen molar-refractivity contribution in [1.82, 2.24) is 20.4 Å². The van der Waals surface area contributed by atoms with Crippen molar-refractivity contribution in [1.29, 1.82) is 0 Å². The summed E-state index contributed by atoms with van der Waals surface area (Å²) < 4.78 is 0. The Morgan fingerprint density at radius 3 is 2.53 bits per heavy atom. The van der Waals surface area contributed by atoms with E-state index in [1.54, 1.807) is 0 Å². The lowest BCUT2D eigenvalue weighted by Gasteiger charge is -2.20. The zero-order valence-electron chi connectivity index (χ0n) is 18.4. The molecule has 0 unspecified atom stereocenters. The van der Waals surface area contributed by atoms with Crippen LogP contribution in [0.5, 0.6) is 0 Å². The lowest BCUT2D eigenvalue weighted by molar-refractivity contribution is -0.117. The number of nitrogens with one attached hydrogen (secondary N) is 2. The van der Waals surface area contributed by atoms with E-state index in [0.717, 1.165) is 44.1 Å². The van der Waals surface area contributed by atoms with Crippen molar-refractivity contribution >= 4 is 41.5 Å². The molecule has 2 aliphatic rings. The normalized spacial score (nSPS) is 18.8. The van der Waals surface area contributed by atoms with Crippen molar-refractivity contribution in [2.75, 3.05) is 64.8 Å². The standard InChI is InChI=1S/C22H36N6O.HI/c1-23-22(24-11-4-13-27-14-5-12-26(2)16-17-27)25-18-19-7-9-20(10-8-19)28-15-3-6-21(28)29;/h7-10H,3-6,11-18H2,1-2H3,(H2,23,24,25);1H. The maximum atomic E-state index is 11.9. The summed E-state index contributed by atoms with van der Waals surface area (Å²) in [6, 6.07) is 8.24. The molecule has 0 atom stereocenters. The van der Waals surface area contributed by atoms with Gasteiger partial charge in [0, 0.05) is 51.9 Å². The highest BCUT2D eigenvalue weighted by Gasteiger charge is 2.21. The summed E-state index contributed by atoms with van der Waals surface area (Å²) >= 11 is 0.